The number of aryl methyl sites for hydroxylation is 2. The highest BCUT2D eigenvalue weighted by molar-refractivity contribution is 7.99. The van der Waals surface area contributed by atoms with Crippen LogP contribution in [0.25, 0.3) is 11.6 Å². The third kappa shape index (κ3) is 5.03. The topological polar surface area (TPSA) is 73.0 Å². The molecular weight excluding hydrogens is 408 g/mol. The van der Waals surface area contributed by atoms with Crippen LogP contribution in [0.1, 0.15) is 67.8 Å². The van der Waals surface area contributed by atoms with Crippen molar-refractivity contribution in [3.05, 3.63) is 53.3 Å². The van der Waals surface area contributed by atoms with Gasteiger partial charge in [-0.15, -0.1) is 10.2 Å². The molecule has 2 aromatic heterocycles. The fourth-order valence-corrected chi connectivity index (χ4v) is 4.96. The van der Waals surface area contributed by atoms with E-state index in [-0.39, 0.29) is 11.9 Å². The van der Waals surface area contributed by atoms with E-state index in [9.17, 15) is 4.79 Å². The Morgan fingerprint density at radius 1 is 1.19 bits per heavy atom. The van der Waals surface area contributed by atoms with Gasteiger partial charge in [0.05, 0.1) is 18.1 Å². The maximum Gasteiger partial charge on any atom is 0.230 e. The summed E-state index contributed by atoms with van der Waals surface area (Å²) in [5, 5.41) is 12.7. The Kier molecular flexibility index (Phi) is 6.80. The van der Waals surface area contributed by atoms with Gasteiger partial charge in [-0.2, -0.15) is 0 Å². The predicted octanol–water partition coefficient (Wildman–Crippen LogP) is 5.63. The van der Waals surface area contributed by atoms with Crippen molar-refractivity contribution in [3.63, 3.8) is 0 Å². The second kappa shape index (κ2) is 9.73. The summed E-state index contributed by atoms with van der Waals surface area (Å²) < 4.78 is 7.78. The second-order valence-electron chi connectivity index (χ2n) is 8.37. The van der Waals surface area contributed by atoms with Crippen molar-refractivity contribution >= 4 is 17.7 Å². The number of nitrogens with one attached hydrogen (secondary N) is 1. The molecule has 1 aliphatic rings. The standard InChI is InChI=1S/C24H30N4O2S/c1-16-11-12-19(14-17(16)2)18(3)25-22(29)15-31-24-27-26-23(21-10-7-13-30-21)28(24)20-8-5-4-6-9-20/h7,10-14,18,20H,4-6,8-9,15H2,1-3H3,(H,25,29)/t18-/m0/s1. The summed E-state index contributed by atoms with van der Waals surface area (Å²) in [6.07, 6.45) is 7.56. The fraction of sp³-hybridized carbons (Fsp3) is 0.458. The Balaban J connectivity index is 1.45. The van der Waals surface area contributed by atoms with Gasteiger partial charge in [-0.25, -0.2) is 0 Å². The first-order chi connectivity index (χ1) is 15.0. The number of furan rings is 1. The number of benzene rings is 1. The SMILES string of the molecule is Cc1ccc([C@H](C)NC(=O)CSc2nnc(-c3ccco3)n2C2CCCCC2)cc1C. The molecule has 6 nitrogen and oxygen atoms in total. The third-order valence-corrected chi connectivity index (χ3v) is 7.03. The molecule has 1 amide bonds. The highest BCUT2D eigenvalue weighted by Gasteiger charge is 2.25. The second-order valence-corrected chi connectivity index (χ2v) is 9.31. The molecule has 0 unspecified atom stereocenters. The molecule has 1 aromatic carbocycles. The fourth-order valence-electron chi connectivity index (χ4n) is 4.15. The van der Waals surface area contributed by atoms with Gasteiger partial charge in [-0.1, -0.05) is 49.2 Å². The number of amides is 1. The highest BCUT2D eigenvalue weighted by Crippen LogP contribution is 2.35. The van der Waals surface area contributed by atoms with Crippen LogP contribution < -0.4 is 5.32 Å². The minimum atomic E-state index is -0.0395. The lowest BCUT2D eigenvalue weighted by molar-refractivity contribution is -0.119. The van der Waals surface area contributed by atoms with Crippen molar-refractivity contribution in [2.75, 3.05) is 5.75 Å². The van der Waals surface area contributed by atoms with E-state index in [1.165, 1.54) is 42.2 Å². The Bertz CT molecular complexity index is 1020. The minimum Gasteiger partial charge on any atom is -0.461 e. The summed E-state index contributed by atoms with van der Waals surface area (Å²) in [5.74, 6) is 1.77. The average Bonchev–Trinajstić information content (AvgIpc) is 3.44. The molecule has 1 saturated carbocycles. The molecule has 2 heterocycles. The predicted molar refractivity (Wildman–Crippen MR) is 123 cm³/mol. The zero-order chi connectivity index (χ0) is 21.8. The molecular formula is C24H30N4O2S. The molecule has 0 aliphatic heterocycles. The summed E-state index contributed by atoms with van der Waals surface area (Å²) >= 11 is 1.45. The number of thioether (sulfide) groups is 1. The normalized spacial score (nSPS) is 15.7. The van der Waals surface area contributed by atoms with E-state index in [1.54, 1.807) is 6.26 Å². The number of carbonyl (C=O) groups excluding carboxylic acids is 1. The van der Waals surface area contributed by atoms with E-state index in [2.05, 4.69) is 52.1 Å². The molecule has 1 atom stereocenters. The molecule has 0 saturated heterocycles. The van der Waals surface area contributed by atoms with Crippen molar-refractivity contribution in [2.24, 2.45) is 0 Å². The molecule has 7 heteroatoms. The summed E-state index contributed by atoms with van der Waals surface area (Å²) in [7, 11) is 0. The van der Waals surface area contributed by atoms with E-state index in [0.29, 0.717) is 11.8 Å². The zero-order valence-electron chi connectivity index (χ0n) is 18.4. The van der Waals surface area contributed by atoms with Crippen LogP contribution in [0.3, 0.4) is 0 Å². The van der Waals surface area contributed by atoms with Crippen LogP contribution in [0.2, 0.25) is 0 Å². The van der Waals surface area contributed by atoms with E-state index < -0.39 is 0 Å². The zero-order valence-corrected chi connectivity index (χ0v) is 19.2. The van der Waals surface area contributed by atoms with Gasteiger partial charge in [0, 0.05) is 6.04 Å². The molecule has 1 fully saturated rings. The first-order valence-corrected chi connectivity index (χ1v) is 12.0. The van der Waals surface area contributed by atoms with Gasteiger partial charge in [0.2, 0.25) is 11.7 Å². The van der Waals surface area contributed by atoms with Gasteiger partial charge < -0.3 is 9.73 Å². The molecule has 1 aliphatic carbocycles. The number of carbonyl (C=O) groups is 1. The number of rotatable bonds is 7. The third-order valence-electron chi connectivity index (χ3n) is 6.09. The molecule has 1 N–H and O–H groups in total. The lowest BCUT2D eigenvalue weighted by Crippen LogP contribution is -2.28. The number of aromatic nitrogens is 3. The maximum absolute atomic E-state index is 12.7. The quantitative estimate of drug-likeness (QED) is 0.484. The molecule has 4 rings (SSSR count). The molecule has 3 aromatic rings. The molecule has 31 heavy (non-hydrogen) atoms. The molecule has 0 radical (unpaired) electrons. The van der Waals surface area contributed by atoms with Crippen molar-refractivity contribution in [1.82, 2.24) is 20.1 Å². The smallest absolute Gasteiger partial charge is 0.230 e. The minimum absolute atomic E-state index is 0.00605. The van der Waals surface area contributed by atoms with Crippen molar-refractivity contribution in [2.45, 2.75) is 70.1 Å². The lowest BCUT2D eigenvalue weighted by atomic mass is 9.95. The van der Waals surface area contributed by atoms with Crippen molar-refractivity contribution in [1.29, 1.82) is 0 Å². The monoisotopic (exact) mass is 438 g/mol. The van der Waals surface area contributed by atoms with E-state index in [0.717, 1.165) is 35.1 Å². The highest BCUT2D eigenvalue weighted by atomic mass is 32.2. The van der Waals surface area contributed by atoms with Crippen LogP contribution in [0.15, 0.2) is 46.2 Å². The average molecular weight is 439 g/mol. The Morgan fingerprint density at radius 3 is 2.71 bits per heavy atom. The molecule has 164 valence electrons. The van der Waals surface area contributed by atoms with Gasteiger partial charge in [-0.05, 0) is 62.4 Å². The van der Waals surface area contributed by atoms with Gasteiger partial charge in [0.25, 0.3) is 0 Å². The van der Waals surface area contributed by atoms with Crippen LogP contribution in [0.4, 0.5) is 0 Å². The number of hydrogen-bond acceptors (Lipinski definition) is 5. The maximum atomic E-state index is 12.7. The Hall–Kier alpha value is -2.54. The Morgan fingerprint density at radius 2 is 2.00 bits per heavy atom. The van der Waals surface area contributed by atoms with E-state index >= 15 is 0 Å². The van der Waals surface area contributed by atoms with Crippen LogP contribution in [-0.4, -0.2) is 26.4 Å². The number of hydrogen-bond donors (Lipinski definition) is 1. The van der Waals surface area contributed by atoms with Crippen LogP contribution in [0, 0.1) is 13.8 Å². The molecule has 0 spiro atoms. The first kappa shape index (κ1) is 21.7. The first-order valence-electron chi connectivity index (χ1n) is 11.0. The van der Waals surface area contributed by atoms with Crippen LogP contribution in [0.5, 0.6) is 0 Å². The summed E-state index contributed by atoms with van der Waals surface area (Å²) in [6.45, 7) is 6.21. The summed E-state index contributed by atoms with van der Waals surface area (Å²) in [5.41, 5.74) is 3.61. The molecule has 0 bridgehead atoms. The number of nitrogens with zero attached hydrogens (tertiary/aromatic N) is 3. The van der Waals surface area contributed by atoms with Crippen molar-refractivity contribution < 1.29 is 9.21 Å². The van der Waals surface area contributed by atoms with E-state index in [1.807, 2.05) is 19.1 Å². The van der Waals surface area contributed by atoms with Gasteiger partial charge in [0.15, 0.2) is 10.9 Å². The largest absolute Gasteiger partial charge is 0.461 e. The van der Waals surface area contributed by atoms with Gasteiger partial charge in [-0.3, -0.25) is 9.36 Å². The van der Waals surface area contributed by atoms with Crippen LogP contribution in [-0.2, 0) is 4.79 Å². The summed E-state index contributed by atoms with van der Waals surface area (Å²) in [4.78, 5) is 12.7. The van der Waals surface area contributed by atoms with Crippen LogP contribution >= 0.6 is 11.8 Å². The summed E-state index contributed by atoms with van der Waals surface area (Å²) in [6, 6.07) is 10.4. The van der Waals surface area contributed by atoms with Gasteiger partial charge >= 0.3 is 0 Å². The van der Waals surface area contributed by atoms with Crippen molar-refractivity contribution in [3.8, 4) is 11.6 Å². The van der Waals surface area contributed by atoms with Gasteiger partial charge in [0.1, 0.15) is 0 Å². The Labute approximate surface area is 187 Å². The van der Waals surface area contributed by atoms with E-state index in [4.69, 9.17) is 4.42 Å². The lowest BCUT2D eigenvalue weighted by Gasteiger charge is -2.25.